The normalized spacial score (nSPS) is 12.2. The first-order chi connectivity index (χ1) is 16.9. The number of carbonyl (C=O) groups excluding carboxylic acids is 2. The number of ether oxygens (including phenoxy) is 1. The number of nitrogens with zero attached hydrogens (tertiary/aromatic N) is 4. The third kappa shape index (κ3) is 6.38. The lowest BCUT2D eigenvalue weighted by atomic mass is 10.1. The highest BCUT2D eigenvalue weighted by molar-refractivity contribution is 5.93. The molecule has 0 aliphatic rings. The zero-order valence-corrected chi connectivity index (χ0v) is 21.8. The number of hydrogen-bond acceptors (Lipinski definition) is 8. The summed E-state index contributed by atoms with van der Waals surface area (Å²) < 4.78 is 10.8. The molecule has 10 heteroatoms. The molecule has 10 nitrogen and oxygen atoms in total. The molecule has 192 valence electrons. The molecule has 2 heterocycles. The Labute approximate surface area is 210 Å². The largest absolute Gasteiger partial charge is 0.444 e. The summed E-state index contributed by atoms with van der Waals surface area (Å²) in [4.78, 5) is 49.7. The first-order valence-electron chi connectivity index (χ1n) is 11.7. The van der Waals surface area contributed by atoms with Crippen molar-refractivity contribution in [2.45, 2.75) is 52.7 Å². The molecule has 0 unspecified atom stereocenters. The van der Waals surface area contributed by atoms with Crippen LogP contribution in [0.3, 0.4) is 0 Å². The molecule has 0 spiro atoms. The first-order valence-corrected chi connectivity index (χ1v) is 11.7. The molecular weight excluding hydrogens is 462 g/mol. The maximum atomic E-state index is 13.0. The quantitative estimate of drug-likeness (QED) is 0.526. The van der Waals surface area contributed by atoms with Gasteiger partial charge in [0.15, 0.2) is 0 Å². The fourth-order valence-corrected chi connectivity index (χ4v) is 3.61. The van der Waals surface area contributed by atoms with Crippen molar-refractivity contribution in [2.75, 3.05) is 30.9 Å². The number of carbonyl (C=O) groups is 2. The highest BCUT2D eigenvalue weighted by Gasteiger charge is 2.25. The van der Waals surface area contributed by atoms with Gasteiger partial charge in [-0.3, -0.25) is 15.1 Å². The summed E-state index contributed by atoms with van der Waals surface area (Å²) >= 11 is 0. The molecule has 36 heavy (non-hydrogen) atoms. The van der Waals surface area contributed by atoms with Gasteiger partial charge >= 0.3 is 17.7 Å². The number of aryl methyl sites for hydroxylation is 1. The van der Waals surface area contributed by atoms with Crippen LogP contribution in [0.25, 0.3) is 10.9 Å². The summed E-state index contributed by atoms with van der Waals surface area (Å²) in [5, 5.41) is 2.90. The van der Waals surface area contributed by atoms with E-state index in [-0.39, 0.29) is 17.3 Å². The van der Waals surface area contributed by atoms with Gasteiger partial charge < -0.3 is 19.0 Å². The van der Waals surface area contributed by atoms with Gasteiger partial charge in [-0.15, -0.1) is 0 Å². The number of hydrogen-bond donors (Lipinski definition) is 1. The molecule has 0 aliphatic carbocycles. The molecule has 0 radical (unpaired) electrons. The van der Waals surface area contributed by atoms with Crippen LogP contribution in [0, 0.1) is 6.92 Å². The Hall–Kier alpha value is -3.95. The number of anilines is 2. The van der Waals surface area contributed by atoms with Gasteiger partial charge in [-0.1, -0.05) is 0 Å². The van der Waals surface area contributed by atoms with Crippen LogP contribution in [-0.4, -0.2) is 59.2 Å². The zero-order chi connectivity index (χ0) is 26.6. The van der Waals surface area contributed by atoms with Gasteiger partial charge in [0.25, 0.3) is 0 Å². The molecule has 2 aromatic heterocycles. The Morgan fingerprint density at radius 1 is 1.14 bits per heavy atom. The van der Waals surface area contributed by atoms with E-state index in [1.807, 2.05) is 12.1 Å². The summed E-state index contributed by atoms with van der Waals surface area (Å²) in [6, 6.07) is 6.52. The van der Waals surface area contributed by atoms with Crippen LogP contribution in [0.15, 0.2) is 45.9 Å². The smallest absolute Gasteiger partial charge is 0.412 e. The Bertz CT molecular complexity index is 1300. The second-order valence-electron chi connectivity index (χ2n) is 9.70. The Balaban J connectivity index is 1.77. The molecular formula is C26H33N5O5. The van der Waals surface area contributed by atoms with Crippen molar-refractivity contribution in [2.24, 2.45) is 0 Å². The standard InChI is InChI=1S/C26H33N5O5/c1-16-19(29-25(34)36-26(3,4)5)8-9-20-21(16)23(33)35-24(28-20)31(7)17(2)22(32)30(6)15-12-18-10-13-27-14-11-18/h8-11,13-14,17H,12,15H2,1-7H3,(H,29,34)/t17-/m0/s1. The van der Waals surface area contributed by atoms with Crippen molar-refractivity contribution in [3.8, 4) is 0 Å². The monoisotopic (exact) mass is 495 g/mol. The van der Waals surface area contributed by atoms with E-state index in [9.17, 15) is 14.4 Å². The van der Waals surface area contributed by atoms with Crippen LogP contribution in [0.5, 0.6) is 0 Å². The average molecular weight is 496 g/mol. The Morgan fingerprint density at radius 2 is 1.81 bits per heavy atom. The van der Waals surface area contributed by atoms with E-state index in [0.29, 0.717) is 29.7 Å². The van der Waals surface area contributed by atoms with Crippen LogP contribution in [-0.2, 0) is 16.0 Å². The lowest BCUT2D eigenvalue weighted by Gasteiger charge is -2.27. The predicted molar refractivity (Wildman–Crippen MR) is 138 cm³/mol. The second kappa shape index (κ2) is 10.8. The minimum atomic E-state index is -0.657. The maximum absolute atomic E-state index is 13.0. The Kier molecular flexibility index (Phi) is 7.96. The number of likely N-dealkylation sites (N-methyl/N-ethyl adjacent to an activating group) is 2. The fraction of sp³-hybridized carbons (Fsp3) is 0.423. The average Bonchev–Trinajstić information content (AvgIpc) is 2.82. The van der Waals surface area contributed by atoms with Crippen molar-refractivity contribution in [3.05, 3.63) is 58.2 Å². The first kappa shape index (κ1) is 26.7. The lowest BCUT2D eigenvalue weighted by molar-refractivity contribution is -0.130. The van der Waals surface area contributed by atoms with Gasteiger partial charge in [-0.05, 0) is 76.4 Å². The van der Waals surface area contributed by atoms with Crippen LogP contribution in [0.2, 0.25) is 0 Å². The number of rotatable bonds is 7. The predicted octanol–water partition coefficient (Wildman–Crippen LogP) is 3.76. The third-order valence-electron chi connectivity index (χ3n) is 5.78. The molecule has 0 saturated carbocycles. The van der Waals surface area contributed by atoms with E-state index in [0.717, 1.165) is 5.56 Å². The minimum Gasteiger partial charge on any atom is -0.444 e. The van der Waals surface area contributed by atoms with E-state index in [2.05, 4.69) is 15.3 Å². The summed E-state index contributed by atoms with van der Waals surface area (Å²) in [5.41, 5.74) is 1.14. The van der Waals surface area contributed by atoms with Gasteiger partial charge in [0.2, 0.25) is 5.91 Å². The number of benzene rings is 1. The van der Waals surface area contributed by atoms with Crippen LogP contribution in [0.4, 0.5) is 16.5 Å². The molecule has 3 rings (SSSR count). The third-order valence-corrected chi connectivity index (χ3v) is 5.78. The zero-order valence-electron chi connectivity index (χ0n) is 21.8. The molecule has 3 aromatic rings. The van der Waals surface area contributed by atoms with Crippen molar-refractivity contribution in [1.29, 1.82) is 0 Å². The summed E-state index contributed by atoms with van der Waals surface area (Å²) in [5.74, 6) is -0.135. The Morgan fingerprint density at radius 3 is 2.44 bits per heavy atom. The molecule has 0 bridgehead atoms. The van der Waals surface area contributed by atoms with Crippen molar-refractivity contribution in [1.82, 2.24) is 14.9 Å². The molecule has 1 aromatic carbocycles. The van der Waals surface area contributed by atoms with Gasteiger partial charge in [0, 0.05) is 38.7 Å². The topological polar surface area (TPSA) is 118 Å². The molecule has 0 fully saturated rings. The van der Waals surface area contributed by atoms with E-state index < -0.39 is 23.4 Å². The van der Waals surface area contributed by atoms with Gasteiger partial charge in [-0.2, -0.15) is 4.98 Å². The van der Waals surface area contributed by atoms with Crippen LogP contribution >= 0.6 is 0 Å². The number of aromatic nitrogens is 2. The number of pyridine rings is 1. The van der Waals surface area contributed by atoms with Gasteiger partial charge in [0.1, 0.15) is 11.6 Å². The number of amides is 2. The van der Waals surface area contributed by atoms with Crippen molar-refractivity contribution < 1.29 is 18.7 Å². The highest BCUT2D eigenvalue weighted by atomic mass is 16.6. The molecule has 0 saturated heterocycles. The van der Waals surface area contributed by atoms with E-state index in [1.54, 1.807) is 78.1 Å². The number of fused-ring (bicyclic) bond motifs is 1. The van der Waals surface area contributed by atoms with E-state index in [1.165, 1.54) is 4.90 Å². The van der Waals surface area contributed by atoms with E-state index >= 15 is 0 Å². The lowest BCUT2D eigenvalue weighted by Crippen LogP contribution is -2.45. The van der Waals surface area contributed by atoms with Gasteiger partial charge in [-0.25, -0.2) is 9.59 Å². The van der Waals surface area contributed by atoms with Crippen LogP contribution < -0.4 is 15.8 Å². The highest BCUT2D eigenvalue weighted by Crippen LogP contribution is 2.25. The summed E-state index contributed by atoms with van der Waals surface area (Å²) in [6.07, 6.45) is 3.51. The molecule has 0 aliphatic heterocycles. The minimum absolute atomic E-state index is 0.0307. The summed E-state index contributed by atoms with van der Waals surface area (Å²) in [7, 11) is 3.39. The second-order valence-corrected chi connectivity index (χ2v) is 9.70. The maximum Gasteiger partial charge on any atom is 0.412 e. The van der Waals surface area contributed by atoms with Gasteiger partial charge in [0.05, 0.1) is 10.9 Å². The fourth-order valence-electron chi connectivity index (χ4n) is 3.61. The molecule has 1 N–H and O–H groups in total. The summed E-state index contributed by atoms with van der Waals surface area (Å²) in [6.45, 7) is 9.25. The molecule has 2 amide bonds. The SMILES string of the molecule is Cc1c(NC(=O)OC(C)(C)C)ccc2nc(N(C)[C@@H](C)C(=O)N(C)CCc3ccncc3)oc(=O)c12. The van der Waals surface area contributed by atoms with Crippen molar-refractivity contribution >= 4 is 34.6 Å². The molecule has 1 atom stereocenters. The number of nitrogens with one attached hydrogen (secondary N) is 1. The van der Waals surface area contributed by atoms with E-state index in [4.69, 9.17) is 9.15 Å². The van der Waals surface area contributed by atoms with Crippen molar-refractivity contribution in [3.63, 3.8) is 0 Å². The van der Waals surface area contributed by atoms with Crippen LogP contribution in [0.1, 0.15) is 38.8 Å².